The van der Waals surface area contributed by atoms with Gasteiger partial charge in [0.15, 0.2) is 0 Å². The third kappa shape index (κ3) is 4.01. The van der Waals surface area contributed by atoms with E-state index < -0.39 is 0 Å². The van der Waals surface area contributed by atoms with E-state index in [9.17, 15) is 0 Å². The fourth-order valence-electron chi connectivity index (χ4n) is 0.406. The highest BCUT2D eigenvalue weighted by atomic mass is 16.3. The summed E-state index contributed by atoms with van der Waals surface area (Å²) >= 11 is 0. The number of nitrogens with zero attached hydrogens (tertiary/aromatic N) is 1. The lowest BCUT2D eigenvalue weighted by atomic mass is 10.6. The lowest BCUT2D eigenvalue weighted by Crippen LogP contribution is -2.37. The Labute approximate surface area is 49.0 Å². The molecule has 4 nitrogen and oxygen atoms in total. The molecule has 0 fully saturated rings. The van der Waals surface area contributed by atoms with Gasteiger partial charge in [0.25, 0.3) is 0 Å². The molecule has 0 aliphatic rings. The van der Waals surface area contributed by atoms with Gasteiger partial charge in [0.1, 0.15) is 0 Å². The van der Waals surface area contributed by atoms with Gasteiger partial charge in [-0.05, 0) is 0 Å². The SMILES string of the molecule is NCCN(N)CCO. The molecule has 0 spiro atoms. The summed E-state index contributed by atoms with van der Waals surface area (Å²) in [6, 6.07) is 0. The third-order valence-electron chi connectivity index (χ3n) is 0.804. The molecule has 50 valence electrons. The van der Waals surface area contributed by atoms with Crippen LogP contribution >= 0.6 is 0 Å². The van der Waals surface area contributed by atoms with E-state index in [2.05, 4.69) is 0 Å². The van der Waals surface area contributed by atoms with Crippen LogP contribution in [0, 0.1) is 0 Å². The van der Waals surface area contributed by atoms with Crippen LogP contribution in [0.3, 0.4) is 0 Å². The van der Waals surface area contributed by atoms with Crippen LogP contribution in [0.1, 0.15) is 0 Å². The van der Waals surface area contributed by atoms with Gasteiger partial charge in [-0.25, -0.2) is 5.01 Å². The van der Waals surface area contributed by atoms with Crippen molar-refractivity contribution in [2.45, 2.75) is 0 Å². The van der Waals surface area contributed by atoms with Crippen molar-refractivity contribution in [3.63, 3.8) is 0 Å². The van der Waals surface area contributed by atoms with E-state index in [1.165, 1.54) is 5.01 Å². The number of rotatable bonds is 4. The Hall–Kier alpha value is -0.160. The quantitative estimate of drug-likeness (QED) is 0.299. The largest absolute Gasteiger partial charge is 0.395 e. The second-order valence-electron chi connectivity index (χ2n) is 1.55. The summed E-state index contributed by atoms with van der Waals surface area (Å²) in [4.78, 5) is 0. The highest BCUT2D eigenvalue weighted by Crippen LogP contribution is 1.70. The number of aliphatic hydroxyl groups is 1. The van der Waals surface area contributed by atoms with Crippen LogP contribution in [0.5, 0.6) is 0 Å². The number of hydrogen-bond donors (Lipinski definition) is 3. The maximum Gasteiger partial charge on any atom is 0.0572 e. The summed E-state index contributed by atoms with van der Waals surface area (Å²) in [5.41, 5.74) is 5.16. The van der Waals surface area contributed by atoms with Crippen LogP contribution in [-0.2, 0) is 0 Å². The summed E-state index contributed by atoms with van der Waals surface area (Å²) in [6.07, 6.45) is 0. The fraction of sp³-hybridized carbons (Fsp3) is 1.00. The molecular formula is C4H13N3O. The summed E-state index contributed by atoms with van der Waals surface area (Å²) in [7, 11) is 0. The van der Waals surface area contributed by atoms with Gasteiger partial charge < -0.3 is 10.8 Å². The van der Waals surface area contributed by atoms with Crippen LogP contribution < -0.4 is 11.6 Å². The van der Waals surface area contributed by atoms with Crippen molar-refractivity contribution in [3.8, 4) is 0 Å². The van der Waals surface area contributed by atoms with Crippen molar-refractivity contribution >= 4 is 0 Å². The minimum Gasteiger partial charge on any atom is -0.395 e. The molecule has 0 rings (SSSR count). The summed E-state index contributed by atoms with van der Waals surface area (Å²) in [5, 5.41) is 9.79. The van der Waals surface area contributed by atoms with Crippen molar-refractivity contribution in [2.75, 3.05) is 26.2 Å². The fourth-order valence-corrected chi connectivity index (χ4v) is 0.406. The van der Waals surface area contributed by atoms with Crippen molar-refractivity contribution < 1.29 is 5.11 Å². The van der Waals surface area contributed by atoms with E-state index >= 15 is 0 Å². The Morgan fingerprint density at radius 1 is 1.38 bits per heavy atom. The molecule has 0 bridgehead atoms. The standard InChI is InChI=1S/C4H13N3O/c5-1-2-7(6)3-4-8/h8H,1-6H2. The average Bonchev–Trinajstić information content (AvgIpc) is 1.68. The van der Waals surface area contributed by atoms with Crippen molar-refractivity contribution in [2.24, 2.45) is 11.6 Å². The number of nitrogens with two attached hydrogens (primary N) is 2. The zero-order chi connectivity index (χ0) is 6.41. The van der Waals surface area contributed by atoms with Gasteiger partial charge in [0, 0.05) is 19.6 Å². The molecule has 4 heteroatoms. The summed E-state index contributed by atoms with van der Waals surface area (Å²) in [6.45, 7) is 1.77. The second kappa shape index (κ2) is 4.99. The van der Waals surface area contributed by atoms with Gasteiger partial charge in [-0.15, -0.1) is 0 Å². The van der Waals surface area contributed by atoms with E-state index in [1.54, 1.807) is 0 Å². The molecule has 8 heavy (non-hydrogen) atoms. The molecule has 0 aromatic heterocycles. The maximum absolute atomic E-state index is 8.30. The zero-order valence-corrected chi connectivity index (χ0v) is 4.88. The molecule has 0 saturated heterocycles. The average molecular weight is 119 g/mol. The Morgan fingerprint density at radius 3 is 2.38 bits per heavy atom. The van der Waals surface area contributed by atoms with E-state index in [0.717, 1.165) is 0 Å². The predicted octanol–water partition coefficient (Wildman–Crippen LogP) is -1.89. The topological polar surface area (TPSA) is 75.5 Å². The Balaban J connectivity index is 2.92. The summed E-state index contributed by atoms with van der Waals surface area (Å²) in [5.74, 6) is 5.29. The van der Waals surface area contributed by atoms with Gasteiger partial charge in [-0.3, -0.25) is 5.84 Å². The molecule has 0 saturated carbocycles. The van der Waals surface area contributed by atoms with Crippen LogP contribution in [0.15, 0.2) is 0 Å². The predicted molar refractivity (Wildman–Crippen MR) is 31.9 cm³/mol. The Morgan fingerprint density at radius 2 is 2.00 bits per heavy atom. The Bertz CT molecular complexity index is 44.5. The lowest BCUT2D eigenvalue weighted by molar-refractivity contribution is 0.202. The monoisotopic (exact) mass is 119 g/mol. The van der Waals surface area contributed by atoms with Gasteiger partial charge in [-0.1, -0.05) is 0 Å². The smallest absolute Gasteiger partial charge is 0.0572 e. The van der Waals surface area contributed by atoms with Crippen molar-refractivity contribution in [1.29, 1.82) is 0 Å². The zero-order valence-electron chi connectivity index (χ0n) is 4.88. The molecule has 5 N–H and O–H groups in total. The first-order chi connectivity index (χ1) is 3.81. The van der Waals surface area contributed by atoms with Crippen molar-refractivity contribution in [1.82, 2.24) is 5.01 Å². The molecular weight excluding hydrogens is 106 g/mol. The van der Waals surface area contributed by atoms with Gasteiger partial charge >= 0.3 is 0 Å². The summed E-state index contributed by atoms with van der Waals surface area (Å²) < 4.78 is 0. The lowest BCUT2D eigenvalue weighted by Gasteiger charge is -2.11. The van der Waals surface area contributed by atoms with E-state index in [1.807, 2.05) is 0 Å². The van der Waals surface area contributed by atoms with Crippen LogP contribution in [0.2, 0.25) is 0 Å². The highest BCUT2D eigenvalue weighted by Gasteiger charge is 1.91. The number of aliphatic hydroxyl groups excluding tert-OH is 1. The van der Waals surface area contributed by atoms with E-state index in [-0.39, 0.29) is 6.61 Å². The first kappa shape index (κ1) is 7.84. The molecule has 0 unspecified atom stereocenters. The number of hydrogen-bond acceptors (Lipinski definition) is 4. The number of hydrazine groups is 1. The highest BCUT2D eigenvalue weighted by molar-refractivity contribution is 4.45. The van der Waals surface area contributed by atoms with Gasteiger partial charge in [0.05, 0.1) is 6.61 Å². The molecule has 0 atom stereocenters. The third-order valence-corrected chi connectivity index (χ3v) is 0.804. The molecule has 0 aliphatic carbocycles. The van der Waals surface area contributed by atoms with E-state index in [0.29, 0.717) is 19.6 Å². The van der Waals surface area contributed by atoms with Gasteiger partial charge in [-0.2, -0.15) is 0 Å². The molecule has 0 radical (unpaired) electrons. The van der Waals surface area contributed by atoms with Crippen LogP contribution in [0.4, 0.5) is 0 Å². The maximum atomic E-state index is 8.30. The van der Waals surface area contributed by atoms with Crippen molar-refractivity contribution in [3.05, 3.63) is 0 Å². The first-order valence-electron chi connectivity index (χ1n) is 2.62. The molecule has 0 aliphatic heterocycles. The van der Waals surface area contributed by atoms with Crippen LogP contribution in [-0.4, -0.2) is 36.4 Å². The van der Waals surface area contributed by atoms with Gasteiger partial charge in [0.2, 0.25) is 0 Å². The molecule has 0 aromatic rings. The molecule has 0 amide bonds. The second-order valence-corrected chi connectivity index (χ2v) is 1.55. The Kier molecular flexibility index (Phi) is 4.89. The molecule has 0 heterocycles. The first-order valence-corrected chi connectivity index (χ1v) is 2.62. The molecule has 0 aromatic carbocycles. The van der Waals surface area contributed by atoms with E-state index in [4.69, 9.17) is 16.7 Å². The minimum atomic E-state index is 0.0938. The van der Waals surface area contributed by atoms with Crippen LogP contribution in [0.25, 0.3) is 0 Å². The normalized spacial score (nSPS) is 10.5. The minimum absolute atomic E-state index is 0.0938.